The molecule has 39 heavy (non-hydrogen) atoms. The number of benzene rings is 1. The summed E-state index contributed by atoms with van der Waals surface area (Å²) < 4.78 is 1.90. The van der Waals surface area contributed by atoms with Crippen LogP contribution in [0.4, 0.5) is 5.82 Å². The minimum Gasteiger partial charge on any atom is -0.396 e. The number of aliphatic hydroxyl groups is 1. The standard InChI is InChI=1S/C26H34Cl2N6O.CO2.ClH/c1-16-5-4-9-32(13-16)23-8-10-33(14-19(23)15-35)24-12-29-25-17(2)31-34(26(25)30-24)18(3)21-7-6-20(27)11-22(21)28;2-1-3;/h6-7,11-12,16,18-19,23,35H,4-5,8-10,13-15H2,1-3H3;;1H/t16-,18-,19+,23?;;/m1../s1. The molecule has 2 aromatic heterocycles. The monoisotopic (exact) mass is 596 g/mol. The summed E-state index contributed by atoms with van der Waals surface area (Å²) in [7, 11) is 0. The predicted octanol–water partition coefficient (Wildman–Crippen LogP) is 4.81. The molecule has 0 bridgehead atoms. The topological polar surface area (TPSA) is 104 Å². The molecule has 3 aromatic rings. The van der Waals surface area contributed by atoms with Crippen LogP contribution >= 0.6 is 35.6 Å². The minimum atomic E-state index is -0.127. The zero-order valence-electron chi connectivity index (χ0n) is 22.4. The molecular formula is C27H35Cl3N6O3. The van der Waals surface area contributed by atoms with Gasteiger partial charge < -0.3 is 10.0 Å². The van der Waals surface area contributed by atoms with Gasteiger partial charge in [-0.05, 0) is 63.3 Å². The summed E-state index contributed by atoms with van der Waals surface area (Å²) in [6.07, 6.45) is 5.67. The number of fused-ring (bicyclic) bond motifs is 1. The SMILES string of the molecule is Cc1nn([C@H](C)c2ccc(Cl)cc2Cl)c2nc(N3CCC(N4CCC[C@@H](C)C4)[C@H](CO)C3)cnc12.Cl.O=C=O. The Kier molecular flexibility index (Phi) is 11.1. The van der Waals surface area contributed by atoms with E-state index in [9.17, 15) is 5.11 Å². The lowest BCUT2D eigenvalue weighted by atomic mass is 9.88. The largest absolute Gasteiger partial charge is 0.396 e. The van der Waals surface area contributed by atoms with Gasteiger partial charge >= 0.3 is 6.15 Å². The highest BCUT2D eigenvalue weighted by atomic mass is 35.5. The average Bonchev–Trinajstić information content (AvgIpc) is 3.24. The van der Waals surface area contributed by atoms with Gasteiger partial charge in [0.05, 0.1) is 17.9 Å². The maximum absolute atomic E-state index is 10.3. The van der Waals surface area contributed by atoms with E-state index in [1.807, 2.05) is 29.9 Å². The third kappa shape index (κ3) is 6.91. The molecule has 1 aromatic carbocycles. The van der Waals surface area contributed by atoms with Crippen molar-refractivity contribution in [3.8, 4) is 0 Å². The van der Waals surface area contributed by atoms with E-state index in [4.69, 9.17) is 47.9 Å². The number of anilines is 1. The van der Waals surface area contributed by atoms with Gasteiger partial charge in [0.25, 0.3) is 0 Å². The molecule has 5 rings (SSSR count). The first-order valence-corrected chi connectivity index (χ1v) is 13.8. The summed E-state index contributed by atoms with van der Waals surface area (Å²) in [6.45, 7) is 10.5. The van der Waals surface area contributed by atoms with Crippen molar-refractivity contribution in [1.29, 1.82) is 0 Å². The number of likely N-dealkylation sites (tertiary alicyclic amines) is 1. The third-order valence-corrected chi connectivity index (χ3v) is 8.31. The molecule has 0 aliphatic carbocycles. The van der Waals surface area contributed by atoms with Crippen LogP contribution in [0.15, 0.2) is 24.4 Å². The summed E-state index contributed by atoms with van der Waals surface area (Å²) in [5.41, 5.74) is 3.30. The van der Waals surface area contributed by atoms with Crippen LogP contribution in [0.1, 0.15) is 50.4 Å². The highest BCUT2D eigenvalue weighted by Crippen LogP contribution is 2.32. The fraction of sp³-hybridized carbons (Fsp3) is 0.556. The van der Waals surface area contributed by atoms with Gasteiger partial charge in [-0.1, -0.05) is 36.2 Å². The van der Waals surface area contributed by atoms with Crippen LogP contribution in [0.5, 0.6) is 0 Å². The number of halogens is 3. The Labute approximate surface area is 244 Å². The van der Waals surface area contributed by atoms with Gasteiger partial charge in [0.1, 0.15) is 11.3 Å². The van der Waals surface area contributed by atoms with Crippen molar-refractivity contribution in [2.45, 2.75) is 52.1 Å². The number of aliphatic hydroxyl groups excluding tert-OH is 1. The Morgan fingerprint density at radius 2 is 1.92 bits per heavy atom. The van der Waals surface area contributed by atoms with Gasteiger partial charge in [-0.3, -0.25) is 4.90 Å². The molecule has 0 radical (unpaired) electrons. The Bertz CT molecular complexity index is 1300. The molecule has 1 N–H and O–H groups in total. The molecule has 212 valence electrons. The first-order valence-electron chi connectivity index (χ1n) is 13.0. The van der Waals surface area contributed by atoms with Crippen molar-refractivity contribution >= 4 is 58.7 Å². The average molecular weight is 598 g/mol. The fourth-order valence-corrected chi connectivity index (χ4v) is 6.42. The first-order chi connectivity index (χ1) is 18.3. The summed E-state index contributed by atoms with van der Waals surface area (Å²) in [5, 5.41) is 16.2. The molecule has 0 spiro atoms. The lowest BCUT2D eigenvalue weighted by Crippen LogP contribution is -2.54. The van der Waals surface area contributed by atoms with E-state index < -0.39 is 0 Å². The van der Waals surface area contributed by atoms with Crippen molar-refractivity contribution < 1.29 is 14.7 Å². The van der Waals surface area contributed by atoms with Gasteiger partial charge in [-0.15, -0.1) is 12.4 Å². The number of hydrogen-bond donors (Lipinski definition) is 1. The van der Waals surface area contributed by atoms with Crippen LogP contribution < -0.4 is 4.90 Å². The van der Waals surface area contributed by atoms with Gasteiger partial charge in [0.2, 0.25) is 0 Å². The van der Waals surface area contributed by atoms with Crippen molar-refractivity contribution in [2.24, 2.45) is 11.8 Å². The van der Waals surface area contributed by atoms with Crippen LogP contribution in [-0.4, -0.2) is 74.7 Å². The second kappa shape index (κ2) is 13.9. The highest BCUT2D eigenvalue weighted by molar-refractivity contribution is 6.35. The number of nitrogens with zero attached hydrogens (tertiary/aromatic N) is 6. The van der Waals surface area contributed by atoms with Gasteiger partial charge in [0, 0.05) is 48.2 Å². The fourth-order valence-electron chi connectivity index (χ4n) is 5.85. The molecule has 2 aliphatic heterocycles. The molecule has 0 amide bonds. The number of aromatic nitrogens is 4. The number of carbonyl (C=O) groups excluding carboxylic acids is 2. The van der Waals surface area contributed by atoms with Crippen molar-refractivity contribution in [2.75, 3.05) is 37.7 Å². The summed E-state index contributed by atoms with van der Waals surface area (Å²) in [6, 6.07) is 5.84. The maximum Gasteiger partial charge on any atom is 0.373 e. The second-order valence-electron chi connectivity index (χ2n) is 10.3. The second-order valence-corrected chi connectivity index (χ2v) is 11.2. The minimum absolute atomic E-state index is 0. The molecule has 4 heterocycles. The normalized spacial score (nSPS) is 22.4. The highest BCUT2D eigenvalue weighted by Gasteiger charge is 2.35. The Hall–Kier alpha value is -2.26. The van der Waals surface area contributed by atoms with Crippen LogP contribution in [0.25, 0.3) is 11.2 Å². The van der Waals surface area contributed by atoms with E-state index in [-0.39, 0.29) is 37.1 Å². The quantitative estimate of drug-likeness (QED) is 0.447. The van der Waals surface area contributed by atoms with Gasteiger partial charge in [0.15, 0.2) is 5.65 Å². The molecule has 4 atom stereocenters. The molecule has 2 saturated heterocycles. The molecule has 1 unspecified atom stereocenters. The van der Waals surface area contributed by atoms with Crippen LogP contribution in [0.3, 0.4) is 0 Å². The van der Waals surface area contributed by atoms with Gasteiger partial charge in [-0.25, -0.2) is 14.6 Å². The Balaban J connectivity index is 0.00000101. The maximum atomic E-state index is 10.3. The molecule has 12 heteroatoms. The van der Waals surface area contributed by atoms with Gasteiger partial charge in [-0.2, -0.15) is 14.7 Å². The molecule has 2 aliphatic rings. The molecule has 9 nitrogen and oxygen atoms in total. The van der Waals surface area contributed by atoms with Crippen LogP contribution in [-0.2, 0) is 9.59 Å². The van der Waals surface area contributed by atoms with Crippen molar-refractivity contribution in [1.82, 2.24) is 24.6 Å². The van der Waals surface area contributed by atoms with Crippen LogP contribution in [0, 0.1) is 18.8 Å². The molecule has 0 saturated carbocycles. The molecule has 2 fully saturated rings. The van der Waals surface area contributed by atoms with Crippen LogP contribution in [0.2, 0.25) is 10.0 Å². The Morgan fingerprint density at radius 1 is 1.18 bits per heavy atom. The summed E-state index contributed by atoms with van der Waals surface area (Å²) in [5.74, 6) is 1.76. The first kappa shape index (κ1) is 31.3. The van der Waals surface area contributed by atoms with E-state index in [1.54, 1.807) is 6.07 Å². The number of rotatable bonds is 5. The van der Waals surface area contributed by atoms with E-state index in [2.05, 4.69) is 23.6 Å². The zero-order valence-corrected chi connectivity index (χ0v) is 24.7. The van der Waals surface area contributed by atoms with E-state index in [0.717, 1.165) is 66.8 Å². The Morgan fingerprint density at radius 3 is 2.59 bits per heavy atom. The predicted molar refractivity (Wildman–Crippen MR) is 154 cm³/mol. The lowest BCUT2D eigenvalue weighted by molar-refractivity contribution is -0.191. The smallest absolute Gasteiger partial charge is 0.373 e. The van der Waals surface area contributed by atoms with E-state index in [1.165, 1.54) is 12.8 Å². The molecular weight excluding hydrogens is 563 g/mol. The van der Waals surface area contributed by atoms with E-state index >= 15 is 0 Å². The van der Waals surface area contributed by atoms with Crippen molar-refractivity contribution in [3.63, 3.8) is 0 Å². The summed E-state index contributed by atoms with van der Waals surface area (Å²) in [4.78, 5) is 30.9. The third-order valence-electron chi connectivity index (χ3n) is 7.75. The van der Waals surface area contributed by atoms with E-state index in [0.29, 0.717) is 16.1 Å². The number of aryl methyl sites for hydroxylation is 1. The number of hydrogen-bond acceptors (Lipinski definition) is 8. The summed E-state index contributed by atoms with van der Waals surface area (Å²) >= 11 is 12.6. The lowest BCUT2D eigenvalue weighted by Gasteiger charge is -2.46. The van der Waals surface area contributed by atoms with Crippen molar-refractivity contribution in [3.05, 3.63) is 45.7 Å². The number of piperidine rings is 2. The zero-order chi connectivity index (χ0) is 27.4.